The Labute approximate surface area is 108 Å². The molecule has 0 amide bonds. The predicted octanol–water partition coefficient (Wildman–Crippen LogP) is 2.70. The van der Waals surface area contributed by atoms with E-state index in [-0.39, 0.29) is 19.0 Å². The van der Waals surface area contributed by atoms with E-state index in [2.05, 4.69) is 6.08 Å². The number of aromatic hydroxyl groups is 1. The minimum Gasteiger partial charge on any atom is -0.507 e. The Morgan fingerprint density at radius 1 is 1.33 bits per heavy atom. The van der Waals surface area contributed by atoms with Gasteiger partial charge in [-0.25, -0.2) is 0 Å². The number of aliphatic hydroxyl groups excluding tert-OH is 2. The molecule has 0 bridgehead atoms. The van der Waals surface area contributed by atoms with Crippen molar-refractivity contribution in [2.24, 2.45) is 5.92 Å². The smallest absolute Gasteiger partial charge is 0.123 e. The van der Waals surface area contributed by atoms with Gasteiger partial charge in [-0.05, 0) is 42.9 Å². The number of aliphatic hydroxyl groups is 2. The fraction of sp³-hybridized carbons (Fsp3) is 0.467. The van der Waals surface area contributed by atoms with Crippen LogP contribution in [0.25, 0.3) is 5.57 Å². The van der Waals surface area contributed by atoms with Crippen LogP contribution in [0.2, 0.25) is 0 Å². The summed E-state index contributed by atoms with van der Waals surface area (Å²) in [6, 6.07) is 5.22. The largest absolute Gasteiger partial charge is 0.507 e. The summed E-state index contributed by atoms with van der Waals surface area (Å²) >= 11 is 0. The van der Waals surface area contributed by atoms with Crippen LogP contribution >= 0.6 is 0 Å². The molecule has 1 aromatic rings. The molecule has 0 heterocycles. The minimum atomic E-state index is -0.0649. The second-order valence-electron chi connectivity index (χ2n) is 4.76. The molecule has 1 atom stereocenters. The van der Waals surface area contributed by atoms with Gasteiger partial charge in [0, 0.05) is 12.2 Å². The molecule has 0 aliphatic heterocycles. The second-order valence-corrected chi connectivity index (χ2v) is 4.76. The maximum atomic E-state index is 9.86. The van der Waals surface area contributed by atoms with Crippen molar-refractivity contribution in [2.75, 3.05) is 6.61 Å². The molecule has 0 aromatic heterocycles. The Balaban J connectivity index is 2.71. The van der Waals surface area contributed by atoms with E-state index in [9.17, 15) is 5.11 Å². The first-order valence-corrected chi connectivity index (χ1v) is 6.29. The summed E-state index contributed by atoms with van der Waals surface area (Å²) in [7, 11) is 0. The van der Waals surface area contributed by atoms with Gasteiger partial charge >= 0.3 is 0 Å². The Bertz CT molecular complexity index is 410. The zero-order valence-corrected chi connectivity index (χ0v) is 11.1. The van der Waals surface area contributed by atoms with Crippen LogP contribution in [0.3, 0.4) is 0 Å². The topological polar surface area (TPSA) is 60.7 Å². The molecular weight excluding hydrogens is 228 g/mol. The number of hydrogen-bond acceptors (Lipinski definition) is 3. The van der Waals surface area contributed by atoms with Gasteiger partial charge in [-0.3, -0.25) is 0 Å². The molecule has 1 aromatic carbocycles. The van der Waals surface area contributed by atoms with Crippen molar-refractivity contribution in [3.8, 4) is 5.75 Å². The third-order valence-electron chi connectivity index (χ3n) is 3.09. The molecule has 0 aliphatic rings. The van der Waals surface area contributed by atoms with Gasteiger partial charge in [0.1, 0.15) is 5.75 Å². The summed E-state index contributed by atoms with van der Waals surface area (Å²) in [4.78, 5) is 0. The third-order valence-corrected chi connectivity index (χ3v) is 3.09. The van der Waals surface area contributed by atoms with E-state index in [0.29, 0.717) is 11.5 Å². The predicted molar refractivity (Wildman–Crippen MR) is 73.2 cm³/mol. The van der Waals surface area contributed by atoms with Gasteiger partial charge in [0.05, 0.1) is 6.61 Å². The molecule has 3 N–H and O–H groups in total. The standard InChI is InChI=1S/C15H22O3/c1-11(9-16)4-3-5-12(2)14-7-6-13(10-17)8-15(14)18/h5-8,11,16-18H,3-4,9-10H2,1-2H3/b12-5+. The van der Waals surface area contributed by atoms with Crippen LogP contribution in [-0.2, 0) is 6.61 Å². The number of benzene rings is 1. The average Bonchev–Trinajstić information content (AvgIpc) is 2.37. The zero-order valence-electron chi connectivity index (χ0n) is 11.1. The number of rotatable bonds is 6. The van der Waals surface area contributed by atoms with Gasteiger partial charge < -0.3 is 15.3 Å². The number of allylic oxidation sites excluding steroid dienone is 2. The maximum Gasteiger partial charge on any atom is 0.123 e. The molecule has 1 rings (SSSR count). The summed E-state index contributed by atoms with van der Waals surface area (Å²) in [5, 5.41) is 27.8. The van der Waals surface area contributed by atoms with Crippen LogP contribution in [0.15, 0.2) is 24.3 Å². The molecule has 0 spiro atoms. The van der Waals surface area contributed by atoms with Crippen LogP contribution < -0.4 is 0 Å². The minimum absolute atomic E-state index is 0.0649. The van der Waals surface area contributed by atoms with Crippen LogP contribution in [0, 0.1) is 5.92 Å². The average molecular weight is 250 g/mol. The Morgan fingerprint density at radius 2 is 2.06 bits per heavy atom. The number of hydrogen-bond donors (Lipinski definition) is 3. The Kier molecular flexibility index (Phi) is 5.89. The lowest BCUT2D eigenvalue weighted by molar-refractivity contribution is 0.231. The maximum absolute atomic E-state index is 9.86. The summed E-state index contributed by atoms with van der Waals surface area (Å²) < 4.78 is 0. The fourth-order valence-electron chi connectivity index (χ4n) is 1.79. The van der Waals surface area contributed by atoms with Gasteiger partial charge in [-0.2, -0.15) is 0 Å². The first kappa shape index (κ1) is 14.7. The van der Waals surface area contributed by atoms with E-state index in [4.69, 9.17) is 10.2 Å². The number of phenolic OH excluding ortho intramolecular Hbond substituents is 1. The van der Waals surface area contributed by atoms with E-state index in [1.54, 1.807) is 6.07 Å². The highest BCUT2D eigenvalue weighted by Crippen LogP contribution is 2.26. The fourth-order valence-corrected chi connectivity index (χ4v) is 1.79. The van der Waals surface area contributed by atoms with Crippen LogP contribution in [0.1, 0.15) is 37.8 Å². The van der Waals surface area contributed by atoms with E-state index in [1.165, 1.54) is 0 Å². The van der Waals surface area contributed by atoms with Crippen molar-refractivity contribution in [2.45, 2.75) is 33.3 Å². The number of phenols is 1. The highest BCUT2D eigenvalue weighted by Gasteiger charge is 2.04. The van der Waals surface area contributed by atoms with Crippen LogP contribution in [0.5, 0.6) is 5.75 Å². The summed E-state index contributed by atoms with van der Waals surface area (Å²) in [6.45, 7) is 4.11. The van der Waals surface area contributed by atoms with Crippen molar-refractivity contribution < 1.29 is 15.3 Å². The summed E-state index contributed by atoms with van der Waals surface area (Å²) in [5.74, 6) is 0.505. The molecule has 3 heteroatoms. The molecule has 18 heavy (non-hydrogen) atoms. The van der Waals surface area contributed by atoms with Crippen molar-refractivity contribution >= 4 is 5.57 Å². The van der Waals surface area contributed by atoms with Gasteiger partial charge in [-0.1, -0.05) is 25.1 Å². The van der Waals surface area contributed by atoms with Gasteiger partial charge in [0.15, 0.2) is 0 Å². The van der Waals surface area contributed by atoms with E-state index in [1.807, 2.05) is 26.0 Å². The lowest BCUT2D eigenvalue weighted by Gasteiger charge is -2.08. The third kappa shape index (κ3) is 4.17. The van der Waals surface area contributed by atoms with E-state index in [0.717, 1.165) is 24.0 Å². The van der Waals surface area contributed by atoms with Crippen LogP contribution in [0.4, 0.5) is 0 Å². The van der Waals surface area contributed by atoms with E-state index >= 15 is 0 Å². The molecule has 3 nitrogen and oxygen atoms in total. The molecule has 0 aliphatic carbocycles. The van der Waals surface area contributed by atoms with Gasteiger partial charge in [0.25, 0.3) is 0 Å². The monoisotopic (exact) mass is 250 g/mol. The van der Waals surface area contributed by atoms with E-state index < -0.39 is 0 Å². The normalized spacial score (nSPS) is 13.7. The molecule has 100 valence electrons. The second kappa shape index (κ2) is 7.19. The van der Waals surface area contributed by atoms with Crippen molar-refractivity contribution in [3.05, 3.63) is 35.4 Å². The SMILES string of the molecule is C/C(=C\CCC(C)CO)c1ccc(CO)cc1O. The van der Waals surface area contributed by atoms with Crippen molar-refractivity contribution in [1.82, 2.24) is 0 Å². The lowest BCUT2D eigenvalue weighted by atomic mass is 10.0. The molecule has 1 unspecified atom stereocenters. The first-order valence-electron chi connectivity index (χ1n) is 6.29. The van der Waals surface area contributed by atoms with Gasteiger partial charge in [-0.15, -0.1) is 0 Å². The molecule has 0 fully saturated rings. The Morgan fingerprint density at radius 3 is 2.61 bits per heavy atom. The highest BCUT2D eigenvalue weighted by molar-refractivity contribution is 5.69. The molecule has 0 saturated carbocycles. The molecule has 0 radical (unpaired) electrons. The van der Waals surface area contributed by atoms with Crippen molar-refractivity contribution in [3.63, 3.8) is 0 Å². The molecular formula is C15H22O3. The Hall–Kier alpha value is -1.32. The quantitative estimate of drug-likeness (QED) is 0.727. The molecule has 0 saturated heterocycles. The zero-order chi connectivity index (χ0) is 13.5. The lowest BCUT2D eigenvalue weighted by Crippen LogP contribution is -1.99. The summed E-state index contributed by atoms with van der Waals surface area (Å²) in [5.41, 5.74) is 2.52. The first-order chi connectivity index (χ1) is 8.58. The van der Waals surface area contributed by atoms with Crippen molar-refractivity contribution in [1.29, 1.82) is 0 Å². The highest BCUT2D eigenvalue weighted by atomic mass is 16.3. The summed E-state index contributed by atoms with van der Waals surface area (Å²) in [6.07, 6.45) is 3.89. The van der Waals surface area contributed by atoms with Crippen LogP contribution in [-0.4, -0.2) is 21.9 Å². The van der Waals surface area contributed by atoms with Gasteiger partial charge in [0.2, 0.25) is 0 Å².